The Bertz CT molecular complexity index is 383. The summed E-state index contributed by atoms with van der Waals surface area (Å²) < 4.78 is 12.6. The van der Waals surface area contributed by atoms with Crippen molar-refractivity contribution in [2.24, 2.45) is 0 Å². The topological polar surface area (TPSA) is 49.3 Å². The zero-order valence-corrected chi connectivity index (χ0v) is 8.87. The van der Waals surface area contributed by atoms with Gasteiger partial charge in [0.25, 0.3) is 5.91 Å². The van der Waals surface area contributed by atoms with Gasteiger partial charge in [-0.05, 0) is 49.9 Å². The first-order chi connectivity index (χ1) is 7.59. The van der Waals surface area contributed by atoms with Crippen LogP contribution in [0.4, 0.5) is 4.39 Å². The van der Waals surface area contributed by atoms with Crippen LogP contribution >= 0.6 is 0 Å². The summed E-state index contributed by atoms with van der Waals surface area (Å²) in [6.45, 7) is 0. The molecule has 1 aromatic carbocycles. The van der Waals surface area contributed by atoms with Gasteiger partial charge in [0.15, 0.2) is 0 Å². The lowest BCUT2D eigenvalue weighted by Gasteiger charge is -2.23. The Morgan fingerprint density at radius 3 is 2.38 bits per heavy atom. The van der Waals surface area contributed by atoms with E-state index in [0.29, 0.717) is 18.4 Å². The van der Waals surface area contributed by atoms with E-state index in [9.17, 15) is 14.3 Å². The number of carbonyl (C=O) groups is 1. The van der Waals surface area contributed by atoms with E-state index in [1.54, 1.807) is 0 Å². The fourth-order valence-electron chi connectivity index (χ4n) is 1.97. The predicted octanol–water partition coefficient (Wildman–Crippen LogP) is 1.82. The van der Waals surface area contributed by atoms with E-state index in [4.69, 9.17) is 0 Å². The van der Waals surface area contributed by atoms with Gasteiger partial charge in [0.2, 0.25) is 0 Å². The number of halogens is 1. The molecule has 1 amide bonds. The molecule has 0 aromatic heterocycles. The Balaban J connectivity index is 2.05. The third-order valence-electron chi connectivity index (χ3n) is 2.88. The quantitative estimate of drug-likeness (QED) is 0.751. The fraction of sp³-hybridized carbons (Fsp3) is 0.417. The highest BCUT2D eigenvalue weighted by molar-refractivity contribution is 5.94. The molecule has 0 saturated heterocycles. The minimum atomic E-state index is -1.08. The van der Waals surface area contributed by atoms with Crippen LogP contribution < -0.4 is 5.32 Å². The standard InChI is InChI=1S/C12H14FNO2/c13-10-5-3-9(4-6-10)11(15)14-12(16)7-1-2-8-12/h3-6,16H,1-2,7-8H2,(H,14,15). The summed E-state index contributed by atoms with van der Waals surface area (Å²) in [7, 11) is 0. The van der Waals surface area contributed by atoms with Crippen molar-refractivity contribution in [1.82, 2.24) is 5.32 Å². The van der Waals surface area contributed by atoms with Crippen molar-refractivity contribution < 1.29 is 14.3 Å². The molecule has 3 nitrogen and oxygen atoms in total. The minimum Gasteiger partial charge on any atom is -0.371 e. The lowest BCUT2D eigenvalue weighted by atomic mass is 10.1. The highest BCUT2D eigenvalue weighted by Crippen LogP contribution is 2.27. The van der Waals surface area contributed by atoms with E-state index in [0.717, 1.165) is 12.8 Å². The maximum atomic E-state index is 12.6. The van der Waals surface area contributed by atoms with Crippen molar-refractivity contribution in [2.75, 3.05) is 0 Å². The Labute approximate surface area is 93.3 Å². The second kappa shape index (κ2) is 4.22. The number of carbonyl (C=O) groups excluding carboxylic acids is 1. The summed E-state index contributed by atoms with van der Waals surface area (Å²) in [6.07, 6.45) is 3.00. The summed E-state index contributed by atoms with van der Waals surface area (Å²) in [4.78, 5) is 11.7. The van der Waals surface area contributed by atoms with E-state index in [2.05, 4.69) is 5.32 Å². The van der Waals surface area contributed by atoms with Gasteiger partial charge in [-0.3, -0.25) is 4.79 Å². The van der Waals surface area contributed by atoms with Gasteiger partial charge < -0.3 is 10.4 Å². The monoisotopic (exact) mass is 223 g/mol. The Morgan fingerprint density at radius 2 is 1.81 bits per heavy atom. The van der Waals surface area contributed by atoms with Gasteiger partial charge in [-0.2, -0.15) is 0 Å². The molecule has 0 aliphatic heterocycles. The molecule has 0 bridgehead atoms. The largest absolute Gasteiger partial charge is 0.371 e. The molecular weight excluding hydrogens is 209 g/mol. The molecule has 0 unspecified atom stereocenters. The Morgan fingerprint density at radius 1 is 1.25 bits per heavy atom. The first-order valence-electron chi connectivity index (χ1n) is 5.40. The summed E-state index contributed by atoms with van der Waals surface area (Å²) in [5, 5.41) is 12.6. The summed E-state index contributed by atoms with van der Waals surface area (Å²) in [6, 6.07) is 5.27. The van der Waals surface area contributed by atoms with Crippen LogP contribution in [0.25, 0.3) is 0 Å². The third kappa shape index (κ3) is 2.39. The van der Waals surface area contributed by atoms with Gasteiger partial charge in [-0.25, -0.2) is 4.39 Å². The second-order valence-electron chi connectivity index (χ2n) is 4.20. The minimum absolute atomic E-state index is 0.357. The molecule has 16 heavy (non-hydrogen) atoms. The Hall–Kier alpha value is -1.42. The fourth-order valence-corrected chi connectivity index (χ4v) is 1.97. The van der Waals surface area contributed by atoms with E-state index < -0.39 is 5.72 Å². The molecule has 1 fully saturated rings. The third-order valence-corrected chi connectivity index (χ3v) is 2.88. The molecule has 1 aromatic rings. The van der Waals surface area contributed by atoms with E-state index in [-0.39, 0.29) is 11.7 Å². The van der Waals surface area contributed by atoms with E-state index in [1.165, 1.54) is 24.3 Å². The highest BCUT2D eigenvalue weighted by Gasteiger charge is 2.32. The summed E-state index contributed by atoms with van der Waals surface area (Å²) >= 11 is 0. The zero-order chi connectivity index (χ0) is 11.6. The lowest BCUT2D eigenvalue weighted by molar-refractivity contribution is 0.0135. The van der Waals surface area contributed by atoms with Gasteiger partial charge in [0.05, 0.1) is 0 Å². The molecular formula is C12H14FNO2. The summed E-state index contributed by atoms with van der Waals surface area (Å²) in [5.74, 6) is -0.736. The van der Waals surface area contributed by atoms with Crippen LogP contribution in [0.3, 0.4) is 0 Å². The first kappa shape index (κ1) is 11.1. The average molecular weight is 223 g/mol. The molecule has 1 aliphatic carbocycles. The van der Waals surface area contributed by atoms with Crippen LogP contribution in [0.2, 0.25) is 0 Å². The van der Waals surface area contributed by atoms with E-state index in [1.807, 2.05) is 0 Å². The normalized spacial score (nSPS) is 18.4. The number of benzene rings is 1. The smallest absolute Gasteiger partial charge is 0.253 e. The van der Waals surface area contributed by atoms with Crippen molar-refractivity contribution in [3.05, 3.63) is 35.6 Å². The lowest BCUT2D eigenvalue weighted by Crippen LogP contribution is -2.46. The molecule has 0 atom stereocenters. The maximum Gasteiger partial charge on any atom is 0.253 e. The average Bonchev–Trinajstić information content (AvgIpc) is 2.65. The van der Waals surface area contributed by atoms with Gasteiger partial charge >= 0.3 is 0 Å². The molecule has 2 rings (SSSR count). The van der Waals surface area contributed by atoms with Crippen LogP contribution in [0.15, 0.2) is 24.3 Å². The summed E-state index contributed by atoms with van der Waals surface area (Å²) in [5.41, 5.74) is -0.715. The number of nitrogens with one attached hydrogen (secondary N) is 1. The molecule has 0 spiro atoms. The Kier molecular flexibility index (Phi) is 2.92. The molecule has 0 radical (unpaired) electrons. The van der Waals surface area contributed by atoms with Gasteiger partial charge in [-0.15, -0.1) is 0 Å². The number of hydrogen-bond acceptors (Lipinski definition) is 2. The molecule has 0 heterocycles. The molecule has 2 N–H and O–H groups in total. The van der Waals surface area contributed by atoms with Crippen LogP contribution in [0.1, 0.15) is 36.0 Å². The van der Waals surface area contributed by atoms with Crippen LogP contribution in [-0.4, -0.2) is 16.7 Å². The van der Waals surface area contributed by atoms with Gasteiger partial charge in [-0.1, -0.05) is 0 Å². The van der Waals surface area contributed by atoms with Crippen molar-refractivity contribution >= 4 is 5.91 Å². The van der Waals surface area contributed by atoms with Crippen LogP contribution in [-0.2, 0) is 0 Å². The van der Waals surface area contributed by atoms with Crippen molar-refractivity contribution in [2.45, 2.75) is 31.4 Å². The van der Waals surface area contributed by atoms with Gasteiger partial charge in [0.1, 0.15) is 11.5 Å². The van der Waals surface area contributed by atoms with Crippen molar-refractivity contribution in [1.29, 1.82) is 0 Å². The molecule has 1 saturated carbocycles. The van der Waals surface area contributed by atoms with Crippen LogP contribution in [0.5, 0.6) is 0 Å². The molecule has 1 aliphatic rings. The SMILES string of the molecule is O=C(NC1(O)CCCC1)c1ccc(F)cc1. The van der Waals surface area contributed by atoms with Crippen LogP contribution in [0, 0.1) is 5.82 Å². The number of hydrogen-bond donors (Lipinski definition) is 2. The molecule has 86 valence electrons. The maximum absolute atomic E-state index is 12.6. The van der Waals surface area contributed by atoms with Crippen molar-refractivity contribution in [3.8, 4) is 0 Å². The number of rotatable bonds is 2. The van der Waals surface area contributed by atoms with E-state index >= 15 is 0 Å². The number of aliphatic hydroxyl groups is 1. The first-order valence-corrected chi connectivity index (χ1v) is 5.40. The predicted molar refractivity (Wildman–Crippen MR) is 57.3 cm³/mol. The zero-order valence-electron chi connectivity index (χ0n) is 8.87. The molecule has 4 heteroatoms. The van der Waals surface area contributed by atoms with Gasteiger partial charge in [0, 0.05) is 5.56 Å². The second-order valence-corrected chi connectivity index (χ2v) is 4.20. The number of amides is 1. The van der Waals surface area contributed by atoms with Crippen molar-refractivity contribution in [3.63, 3.8) is 0 Å². The highest BCUT2D eigenvalue weighted by atomic mass is 19.1.